The number of hydrogen-bond acceptors (Lipinski definition) is 5. The Kier molecular flexibility index (Phi) is 4.59. The van der Waals surface area contributed by atoms with Crippen LogP contribution in [0, 0.1) is 5.92 Å². The minimum atomic E-state index is -0.0655. The van der Waals surface area contributed by atoms with E-state index >= 15 is 0 Å². The number of nitrogens with one attached hydrogen (secondary N) is 1. The monoisotopic (exact) mass is 349 g/mol. The van der Waals surface area contributed by atoms with Gasteiger partial charge < -0.3 is 14.7 Å². The van der Waals surface area contributed by atoms with Crippen LogP contribution < -0.4 is 5.32 Å². The highest BCUT2D eigenvalue weighted by molar-refractivity contribution is 5.89. The molecule has 7 heteroatoms. The largest absolute Gasteiger partial charge is 0.334 e. The number of urea groups is 1. The molecule has 1 unspecified atom stereocenters. The van der Waals surface area contributed by atoms with Gasteiger partial charge in [-0.05, 0) is 36.6 Å². The number of hydrogen-bond donors (Lipinski definition) is 1. The van der Waals surface area contributed by atoms with Crippen molar-refractivity contribution >= 4 is 11.7 Å². The van der Waals surface area contributed by atoms with Gasteiger partial charge in [0.2, 0.25) is 0 Å². The van der Waals surface area contributed by atoms with E-state index in [1.807, 2.05) is 47.4 Å². The molecule has 1 fully saturated rings. The van der Waals surface area contributed by atoms with Crippen LogP contribution in [0.4, 0.5) is 10.5 Å². The van der Waals surface area contributed by atoms with Crippen LogP contribution in [0.3, 0.4) is 0 Å². The highest BCUT2D eigenvalue weighted by atomic mass is 16.5. The molecule has 132 valence electrons. The predicted molar refractivity (Wildman–Crippen MR) is 96.4 cm³/mol. The molecule has 1 saturated heterocycles. The summed E-state index contributed by atoms with van der Waals surface area (Å²) >= 11 is 0. The minimum absolute atomic E-state index is 0.0655. The van der Waals surface area contributed by atoms with Gasteiger partial charge in [-0.1, -0.05) is 23.4 Å². The molecule has 1 aromatic carbocycles. The van der Waals surface area contributed by atoms with Gasteiger partial charge in [0.1, 0.15) is 0 Å². The molecule has 3 aromatic rings. The lowest BCUT2D eigenvalue weighted by Gasteiger charge is -2.17. The molecule has 1 aliphatic heterocycles. The first kappa shape index (κ1) is 16.3. The lowest BCUT2D eigenvalue weighted by molar-refractivity contribution is 0.220. The maximum Gasteiger partial charge on any atom is 0.321 e. The number of aromatic nitrogens is 3. The molecular formula is C19H19N5O2. The summed E-state index contributed by atoms with van der Waals surface area (Å²) in [7, 11) is 0. The first-order valence-corrected chi connectivity index (χ1v) is 8.62. The average molecular weight is 349 g/mol. The predicted octanol–water partition coefficient (Wildman–Crippen LogP) is 3.23. The van der Waals surface area contributed by atoms with Crippen molar-refractivity contribution in [3.8, 4) is 11.5 Å². The molecule has 26 heavy (non-hydrogen) atoms. The first-order valence-electron chi connectivity index (χ1n) is 8.62. The lowest BCUT2D eigenvalue weighted by atomic mass is 10.1. The zero-order valence-electron chi connectivity index (χ0n) is 14.2. The number of amides is 2. The Morgan fingerprint density at radius 3 is 2.81 bits per heavy atom. The molecular weight excluding hydrogens is 330 g/mol. The van der Waals surface area contributed by atoms with Gasteiger partial charge in [-0.25, -0.2) is 4.79 Å². The summed E-state index contributed by atoms with van der Waals surface area (Å²) in [5, 5.41) is 6.99. The quantitative estimate of drug-likeness (QED) is 0.782. The Morgan fingerprint density at radius 2 is 2.00 bits per heavy atom. The van der Waals surface area contributed by atoms with Crippen molar-refractivity contribution in [2.45, 2.75) is 12.8 Å². The van der Waals surface area contributed by atoms with E-state index in [0.29, 0.717) is 30.6 Å². The van der Waals surface area contributed by atoms with Gasteiger partial charge in [0, 0.05) is 43.2 Å². The van der Waals surface area contributed by atoms with Crippen LogP contribution in [0.25, 0.3) is 11.5 Å². The fraction of sp³-hybridized carbons (Fsp3) is 0.263. The number of rotatable bonds is 4. The number of likely N-dealkylation sites (tertiary alicyclic amines) is 1. The van der Waals surface area contributed by atoms with Gasteiger partial charge in [0.25, 0.3) is 5.89 Å². The van der Waals surface area contributed by atoms with Crippen molar-refractivity contribution in [2.75, 3.05) is 18.4 Å². The fourth-order valence-corrected chi connectivity index (χ4v) is 3.11. The lowest BCUT2D eigenvalue weighted by Crippen LogP contribution is -2.33. The Labute approximate surface area is 151 Å². The Balaban J connectivity index is 1.33. The van der Waals surface area contributed by atoms with Gasteiger partial charge in [0.05, 0.1) is 0 Å². The molecule has 2 amide bonds. The van der Waals surface area contributed by atoms with Crippen LogP contribution >= 0.6 is 0 Å². The third kappa shape index (κ3) is 3.72. The topological polar surface area (TPSA) is 84.2 Å². The molecule has 3 heterocycles. The van der Waals surface area contributed by atoms with Crippen LogP contribution in [-0.2, 0) is 6.42 Å². The Bertz CT molecular complexity index is 866. The van der Waals surface area contributed by atoms with Gasteiger partial charge in [-0.15, -0.1) is 0 Å². The third-order valence-electron chi connectivity index (χ3n) is 4.46. The van der Waals surface area contributed by atoms with E-state index in [4.69, 9.17) is 4.52 Å². The molecule has 2 aromatic heterocycles. The van der Waals surface area contributed by atoms with Crippen LogP contribution in [-0.4, -0.2) is 39.1 Å². The number of carbonyl (C=O) groups is 1. The maximum absolute atomic E-state index is 12.4. The minimum Gasteiger partial charge on any atom is -0.334 e. The summed E-state index contributed by atoms with van der Waals surface area (Å²) in [5.74, 6) is 1.51. The fourth-order valence-electron chi connectivity index (χ4n) is 3.11. The highest BCUT2D eigenvalue weighted by Crippen LogP contribution is 2.22. The number of nitrogens with zero attached hydrogens (tertiary/aromatic N) is 4. The van der Waals surface area contributed by atoms with Crippen molar-refractivity contribution in [1.29, 1.82) is 0 Å². The van der Waals surface area contributed by atoms with Gasteiger partial charge in [0.15, 0.2) is 5.82 Å². The smallest absolute Gasteiger partial charge is 0.321 e. The molecule has 0 spiro atoms. The summed E-state index contributed by atoms with van der Waals surface area (Å²) in [6.07, 6.45) is 5.02. The van der Waals surface area contributed by atoms with Gasteiger partial charge >= 0.3 is 6.03 Å². The summed E-state index contributed by atoms with van der Waals surface area (Å²) in [5.41, 5.74) is 1.66. The molecule has 0 bridgehead atoms. The maximum atomic E-state index is 12.4. The van der Waals surface area contributed by atoms with Crippen LogP contribution in [0.1, 0.15) is 12.2 Å². The van der Waals surface area contributed by atoms with Crippen molar-refractivity contribution in [2.24, 2.45) is 5.92 Å². The van der Waals surface area contributed by atoms with Crippen molar-refractivity contribution in [1.82, 2.24) is 20.0 Å². The van der Waals surface area contributed by atoms with Crippen LogP contribution in [0.15, 0.2) is 59.4 Å². The zero-order chi connectivity index (χ0) is 17.8. The number of carbonyl (C=O) groups excluding carboxylic acids is 1. The molecule has 1 atom stereocenters. The third-order valence-corrected chi connectivity index (χ3v) is 4.46. The summed E-state index contributed by atoms with van der Waals surface area (Å²) in [6, 6.07) is 13.1. The Hall–Kier alpha value is -3.22. The molecule has 4 rings (SSSR count). The normalized spacial score (nSPS) is 16.6. The average Bonchev–Trinajstić information content (AvgIpc) is 3.33. The number of benzene rings is 1. The van der Waals surface area contributed by atoms with E-state index in [-0.39, 0.29) is 6.03 Å². The molecule has 0 saturated carbocycles. The number of para-hydroxylation sites is 1. The first-order chi connectivity index (χ1) is 12.8. The van der Waals surface area contributed by atoms with E-state index in [1.165, 1.54) is 0 Å². The molecule has 1 aliphatic rings. The zero-order valence-corrected chi connectivity index (χ0v) is 14.2. The van der Waals surface area contributed by atoms with Crippen LogP contribution in [0.2, 0.25) is 0 Å². The molecule has 1 N–H and O–H groups in total. The van der Waals surface area contributed by atoms with E-state index in [9.17, 15) is 4.79 Å². The molecule has 0 radical (unpaired) electrons. The second kappa shape index (κ2) is 7.35. The summed E-state index contributed by atoms with van der Waals surface area (Å²) < 4.78 is 5.33. The SMILES string of the molecule is O=C(Nc1ccccc1)N1CCC(Cc2noc(-c3ccncc3)n2)C1. The van der Waals surface area contributed by atoms with E-state index in [0.717, 1.165) is 24.2 Å². The second-order valence-corrected chi connectivity index (χ2v) is 6.35. The van der Waals surface area contributed by atoms with Crippen molar-refractivity contribution < 1.29 is 9.32 Å². The van der Waals surface area contributed by atoms with Crippen LogP contribution in [0.5, 0.6) is 0 Å². The summed E-state index contributed by atoms with van der Waals surface area (Å²) in [4.78, 5) is 22.6. The number of anilines is 1. The van der Waals surface area contributed by atoms with Gasteiger partial charge in [-0.2, -0.15) is 4.98 Å². The van der Waals surface area contributed by atoms with E-state index in [2.05, 4.69) is 20.4 Å². The van der Waals surface area contributed by atoms with Crippen molar-refractivity contribution in [3.63, 3.8) is 0 Å². The number of pyridine rings is 1. The van der Waals surface area contributed by atoms with E-state index < -0.39 is 0 Å². The Morgan fingerprint density at radius 1 is 1.19 bits per heavy atom. The van der Waals surface area contributed by atoms with E-state index in [1.54, 1.807) is 12.4 Å². The van der Waals surface area contributed by atoms with Crippen molar-refractivity contribution in [3.05, 3.63) is 60.7 Å². The second-order valence-electron chi connectivity index (χ2n) is 6.35. The molecule has 7 nitrogen and oxygen atoms in total. The standard InChI is InChI=1S/C19H19N5O2/c25-19(21-16-4-2-1-3-5-16)24-11-8-14(13-24)12-17-22-18(26-23-17)15-6-9-20-10-7-15/h1-7,9-10,14H,8,11-13H2,(H,21,25). The summed E-state index contributed by atoms with van der Waals surface area (Å²) in [6.45, 7) is 1.43. The van der Waals surface area contributed by atoms with Gasteiger partial charge in [-0.3, -0.25) is 4.98 Å². The highest BCUT2D eigenvalue weighted by Gasteiger charge is 2.27. The molecule has 0 aliphatic carbocycles.